The van der Waals surface area contributed by atoms with Crippen molar-refractivity contribution < 1.29 is 0 Å². The lowest BCUT2D eigenvalue weighted by Crippen LogP contribution is -1.99. The van der Waals surface area contributed by atoms with Crippen molar-refractivity contribution in [3.63, 3.8) is 0 Å². The Kier molecular flexibility index (Phi) is 2.65. The summed E-state index contributed by atoms with van der Waals surface area (Å²) >= 11 is 6.12. The minimum atomic E-state index is 0.377. The predicted octanol–water partition coefficient (Wildman–Crippen LogP) is 3.93. The number of aryl methyl sites for hydroxylation is 1. The third-order valence-electron chi connectivity index (χ3n) is 3.57. The van der Waals surface area contributed by atoms with Crippen molar-refractivity contribution >= 4 is 33.5 Å². The van der Waals surface area contributed by atoms with Crippen LogP contribution < -0.4 is 0 Å². The van der Waals surface area contributed by atoms with E-state index in [1.807, 2.05) is 29.7 Å². The largest absolute Gasteiger partial charge is 0.280 e. The monoisotopic (exact) mass is 294 g/mol. The van der Waals surface area contributed by atoms with Crippen molar-refractivity contribution in [1.29, 1.82) is 0 Å². The van der Waals surface area contributed by atoms with Gasteiger partial charge >= 0.3 is 0 Å². The van der Waals surface area contributed by atoms with Crippen LogP contribution in [0.5, 0.6) is 0 Å². The molecule has 0 fully saturated rings. The van der Waals surface area contributed by atoms with Crippen molar-refractivity contribution in [2.45, 2.75) is 6.92 Å². The molecule has 0 atom stereocenters. The molecular weight excluding hydrogens is 284 g/mol. The van der Waals surface area contributed by atoms with E-state index in [-0.39, 0.29) is 0 Å². The van der Waals surface area contributed by atoms with Crippen molar-refractivity contribution in [2.75, 3.05) is 0 Å². The number of hydrogen-bond donors (Lipinski definition) is 0. The standard InChI is InChI=1S/C16H11ClN4/c1-10-20-14-15(17)18-9-19-16(14)21(10)13-8-4-6-11-5-2-3-7-12(11)13/h2-9H,1H3. The van der Waals surface area contributed by atoms with Gasteiger partial charge in [0.1, 0.15) is 17.7 Å². The van der Waals surface area contributed by atoms with Crippen molar-refractivity contribution in [1.82, 2.24) is 19.5 Å². The van der Waals surface area contributed by atoms with Gasteiger partial charge in [0.25, 0.3) is 0 Å². The third-order valence-corrected chi connectivity index (χ3v) is 3.85. The van der Waals surface area contributed by atoms with Gasteiger partial charge in [-0.15, -0.1) is 0 Å². The normalized spacial score (nSPS) is 11.3. The fourth-order valence-electron chi connectivity index (χ4n) is 2.67. The molecule has 21 heavy (non-hydrogen) atoms. The number of aromatic nitrogens is 4. The van der Waals surface area contributed by atoms with E-state index in [1.54, 1.807) is 0 Å². The molecule has 0 saturated carbocycles. The average molecular weight is 295 g/mol. The molecule has 4 aromatic rings. The summed E-state index contributed by atoms with van der Waals surface area (Å²) in [6.07, 6.45) is 1.47. The predicted molar refractivity (Wildman–Crippen MR) is 83.9 cm³/mol. The van der Waals surface area contributed by atoms with E-state index in [0.717, 1.165) is 22.5 Å². The van der Waals surface area contributed by atoms with Crippen molar-refractivity contribution in [3.8, 4) is 5.69 Å². The Labute approximate surface area is 126 Å². The van der Waals surface area contributed by atoms with Crippen molar-refractivity contribution in [3.05, 3.63) is 59.8 Å². The summed E-state index contributed by atoms with van der Waals surface area (Å²) in [5.41, 5.74) is 2.40. The molecule has 0 unspecified atom stereocenters. The van der Waals surface area contributed by atoms with Crippen LogP contribution in [-0.4, -0.2) is 19.5 Å². The molecule has 0 aliphatic heterocycles. The Balaban J connectivity index is 2.14. The highest BCUT2D eigenvalue weighted by Gasteiger charge is 2.15. The van der Waals surface area contributed by atoms with Crippen molar-refractivity contribution in [2.24, 2.45) is 0 Å². The average Bonchev–Trinajstić information content (AvgIpc) is 2.84. The molecule has 5 heteroatoms. The van der Waals surface area contributed by atoms with Gasteiger partial charge in [-0.3, -0.25) is 4.57 Å². The highest BCUT2D eigenvalue weighted by molar-refractivity contribution is 6.33. The van der Waals surface area contributed by atoms with E-state index in [9.17, 15) is 0 Å². The van der Waals surface area contributed by atoms with Crippen LogP contribution in [0.2, 0.25) is 5.15 Å². The van der Waals surface area contributed by atoms with Crippen LogP contribution in [0.25, 0.3) is 27.6 Å². The fraction of sp³-hybridized carbons (Fsp3) is 0.0625. The number of benzene rings is 2. The second-order valence-electron chi connectivity index (χ2n) is 4.83. The minimum Gasteiger partial charge on any atom is -0.280 e. The number of imidazole rings is 1. The van der Waals surface area contributed by atoms with E-state index in [1.165, 1.54) is 11.7 Å². The highest BCUT2D eigenvalue weighted by Crippen LogP contribution is 2.28. The zero-order valence-electron chi connectivity index (χ0n) is 11.3. The van der Waals surface area contributed by atoms with Crippen LogP contribution in [-0.2, 0) is 0 Å². The number of rotatable bonds is 1. The number of fused-ring (bicyclic) bond motifs is 2. The molecule has 4 rings (SSSR count). The van der Waals surface area contributed by atoms with Crippen LogP contribution in [0, 0.1) is 6.92 Å². The summed E-state index contributed by atoms with van der Waals surface area (Å²) in [6, 6.07) is 14.4. The Hall–Kier alpha value is -2.46. The fourth-order valence-corrected chi connectivity index (χ4v) is 2.84. The van der Waals surface area contributed by atoms with Crippen LogP contribution >= 0.6 is 11.6 Å². The molecule has 0 bridgehead atoms. The first-order valence-electron chi connectivity index (χ1n) is 6.59. The summed E-state index contributed by atoms with van der Waals surface area (Å²) < 4.78 is 2.02. The summed E-state index contributed by atoms with van der Waals surface area (Å²) in [7, 11) is 0. The molecule has 4 nitrogen and oxygen atoms in total. The Bertz CT molecular complexity index is 969. The maximum atomic E-state index is 6.12. The molecule has 0 aliphatic rings. The lowest BCUT2D eigenvalue weighted by molar-refractivity contribution is 0.993. The molecule has 2 aromatic heterocycles. The molecule has 0 saturated heterocycles. The van der Waals surface area contributed by atoms with Gasteiger partial charge in [0.2, 0.25) is 0 Å². The number of halogens is 1. The molecule has 0 amide bonds. The van der Waals surface area contributed by atoms with E-state index < -0.39 is 0 Å². The van der Waals surface area contributed by atoms with Gasteiger partial charge in [0, 0.05) is 5.39 Å². The summed E-state index contributed by atoms with van der Waals surface area (Å²) in [5.74, 6) is 0.837. The first-order valence-corrected chi connectivity index (χ1v) is 6.97. The number of nitrogens with zero attached hydrogens (tertiary/aromatic N) is 4. The third kappa shape index (κ3) is 1.80. The van der Waals surface area contributed by atoms with E-state index in [0.29, 0.717) is 10.7 Å². The van der Waals surface area contributed by atoms with Gasteiger partial charge in [-0.1, -0.05) is 48.0 Å². The lowest BCUT2D eigenvalue weighted by atomic mass is 10.1. The summed E-state index contributed by atoms with van der Waals surface area (Å²) in [6.45, 7) is 1.94. The molecule has 2 aromatic carbocycles. The Morgan fingerprint density at radius 1 is 1.00 bits per heavy atom. The minimum absolute atomic E-state index is 0.377. The molecule has 102 valence electrons. The highest BCUT2D eigenvalue weighted by atomic mass is 35.5. The molecule has 0 radical (unpaired) electrons. The second-order valence-corrected chi connectivity index (χ2v) is 5.19. The Morgan fingerprint density at radius 2 is 1.81 bits per heavy atom. The van der Waals surface area contributed by atoms with Gasteiger partial charge in [-0.2, -0.15) is 0 Å². The van der Waals surface area contributed by atoms with Crippen LogP contribution in [0.1, 0.15) is 5.82 Å². The molecule has 0 N–H and O–H groups in total. The SMILES string of the molecule is Cc1nc2c(Cl)ncnc2n1-c1cccc2ccccc12. The van der Waals surface area contributed by atoms with E-state index in [4.69, 9.17) is 11.6 Å². The summed E-state index contributed by atoms with van der Waals surface area (Å²) in [5, 5.41) is 2.70. The van der Waals surface area contributed by atoms with Crippen LogP contribution in [0.15, 0.2) is 48.8 Å². The zero-order valence-corrected chi connectivity index (χ0v) is 12.0. The molecule has 0 aliphatic carbocycles. The quantitative estimate of drug-likeness (QED) is 0.500. The summed E-state index contributed by atoms with van der Waals surface area (Å²) in [4.78, 5) is 12.8. The smallest absolute Gasteiger partial charge is 0.169 e. The molecular formula is C16H11ClN4. The maximum absolute atomic E-state index is 6.12. The molecule has 2 heterocycles. The van der Waals surface area contributed by atoms with E-state index in [2.05, 4.69) is 39.2 Å². The number of hydrogen-bond acceptors (Lipinski definition) is 3. The van der Waals surface area contributed by atoms with Crippen LogP contribution in [0.4, 0.5) is 0 Å². The van der Waals surface area contributed by atoms with Gasteiger partial charge in [-0.25, -0.2) is 15.0 Å². The van der Waals surface area contributed by atoms with Gasteiger partial charge < -0.3 is 0 Å². The zero-order chi connectivity index (χ0) is 14.4. The van der Waals surface area contributed by atoms with Gasteiger partial charge in [0.15, 0.2) is 10.8 Å². The Morgan fingerprint density at radius 3 is 2.71 bits per heavy atom. The van der Waals surface area contributed by atoms with Gasteiger partial charge in [0.05, 0.1) is 5.69 Å². The maximum Gasteiger partial charge on any atom is 0.169 e. The first kappa shape index (κ1) is 12.3. The molecule has 0 spiro atoms. The van der Waals surface area contributed by atoms with E-state index >= 15 is 0 Å². The topological polar surface area (TPSA) is 43.6 Å². The van der Waals surface area contributed by atoms with Crippen LogP contribution in [0.3, 0.4) is 0 Å². The lowest BCUT2D eigenvalue weighted by Gasteiger charge is -2.09. The first-order chi connectivity index (χ1) is 10.3. The second kappa shape index (κ2) is 4.53. The van der Waals surface area contributed by atoms with Gasteiger partial charge in [-0.05, 0) is 18.4 Å².